The van der Waals surface area contributed by atoms with Crippen molar-refractivity contribution in [3.05, 3.63) is 58.1 Å². The van der Waals surface area contributed by atoms with Crippen molar-refractivity contribution >= 4 is 15.7 Å². The second-order valence-electron chi connectivity index (χ2n) is 6.93. The number of rotatable bonds is 6. The Morgan fingerprint density at radius 2 is 1.71 bits per heavy atom. The number of nitro groups is 1. The van der Waals surface area contributed by atoms with Gasteiger partial charge >= 0.3 is 0 Å². The van der Waals surface area contributed by atoms with Crippen molar-refractivity contribution in [1.29, 1.82) is 0 Å². The van der Waals surface area contributed by atoms with Crippen LogP contribution in [0.25, 0.3) is 0 Å². The molecular weight excluding hydrogens is 384 g/mol. The van der Waals surface area contributed by atoms with Crippen LogP contribution in [0.5, 0.6) is 11.5 Å². The minimum atomic E-state index is -3.80. The molecule has 148 valence electrons. The smallest absolute Gasteiger partial charge is 0.269 e. The number of non-ortho nitro benzene ring substituents is 1. The number of nitrogens with zero attached hydrogens (tertiary/aromatic N) is 2. The van der Waals surface area contributed by atoms with Gasteiger partial charge in [-0.3, -0.25) is 10.1 Å². The van der Waals surface area contributed by atoms with Gasteiger partial charge in [-0.2, -0.15) is 4.31 Å². The first kappa shape index (κ1) is 18.7. The first-order chi connectivity index (χ1) is 13.4. The maximum atomic E-state index is 13.3. The van der Waals surface area contributed by atoms with Crippen molar-refractivity contribution in [3.63, 3.8) is 0 Å². The summed E-state index contributed by atoms with van der Waals surface area (Å²) in [5.74, 6) is 1.26. The Balaban J connectivity index is 1.66. The lowest BCUT2D eigenvalue weighted by Gasteiger charge is -2.28. The van der Waals surface area contributed by atoms with Gasteiger partial charge in [0.2, 0.25) is 16.8 Å². The number of ether oxygens (including phenoxy) is 2. The summed E-state index contributed by atoms with van der Waals surface area (Å²) in [6, 6.07) is 10.4. The second-order valence-corrected chi connectivity index (χ2v) is 8.82. The fraction of sp³-hybridized carbons (Fsp3) is 0.368. The van der Waals surface area contributed by atoms with Crippen LogP contribution >= 0.6 is 0 Å². The van der Waals surface area contributed by atoms with E-state index in [4.69, 9.17) is 9.47 Å². The molecule has 1 heterocycles. The van der Waals surface area contributed by atoms with E-state index in [1.165, 1.54) is 28.6 Å². The van der Waals surface area contributed by atoms with Crippen LogP contribution < -0.4 is 9.47 Å². The predicted octanol–water partition coefficient (Wildman–Crippen LogP) is 3.46. The highest BCUT2D eigenvalue weighted by molar-refractivity contribution is 7.89. The summed E-state index contributed by atoms with van der Waals surface area (Å²) in [5.41, 5.74) is 0.670. The summed E-state index contributed by atoms with van der Waals surface area (Å²) >= 11 is 0. The number of hydrogen-bond donors (Lipinski definition) is 0. The molecular formula is C19H20N2O6S. The summed E-state index contributed by atoms with van der Waals surface area (Å²) in [7, 11) is -3.80. The molecule has 0 unspecified atom stereocenters. The van der Waals surface area contributed by atoms with Gasteiger partial charge in [0, 0.05) is 24.7 Å². The number of fused-ring (bicyclic) bond motifs is 1. The monoisotopic (exact) mass is 404 g/mol. The van der Waals surface area contributed by atoms with Gasteiger partial charge in [0.05, 0.1) is 9.82 Å². The summed E-state index contributed by atoms with van der Waals surface area (Å²) < 4.78 is 38.9. The van der Waals surface area contributed by atoms with Gasteiger partial charge in [-0.1, -0.05) is 18.9 Å². The molecule has 0 atom stereocenters. The topological polar surface area (TPSA) is 99.0 Å². The fourth-order valence-corrected chi connectivity index (χ4v) is 5.37. The predicted molar refractivity (Wildman–Crippen MR) is 101 cm³/mol. The molecule has 1 aliphatic carbocycles. The van der Waals surface area contributed by atoms with E-state index in [1.54, 1.807) is 12.1 Å². The molecule has 2 aromatic carbocycles. The van der Waals surface area contributed by atoms with Crippen LogP contribution in [0.4, 0.5) is 5.69 Å². The van der Waals surface area contributed by atoms with E-state index in [0.717, 1.165) is 31.2 Å². The summed E-state index contributed by atoms with van der Waals surface area (Å²) in [6.07, 6.45) is 3.57. The first-order valence-electron chi connectivity index (χ1n) is 9.10. The molecule has 28 heavy (non-hydrogen) atoms. The molecule has 9 heteroatoms. The number of nitro benzene ring substituents is 1. The van der Waals surface area contributed by atoms with Crippen LogP contribution in [-0.4, -0.2) is 30.5 Å². The lowest BCUT2D eigenvalue weighted by atomic mass is 10.1. The van der Waals surface area contributed by atoms with Crippen LogP contribution in [-0.2, 0) is 16.6 Å². The molecule has 0 radical (unpaired) electrons. The van der Waals surface area contributed by atoms with Gasteiger partial charge in [0.1, 0.15) is 0 Å². The summed E-state index contributed by atoms with van der Waals surface area (Å²) in [4.78, 5) is 10.4. The third kappa shape index (κ3) is 3.55. The molecule has 4 rings (SSSR count). The second kappa shape index (κ2) is 7.40. The van der Waals surface area contributed by atoms with E-state index < -0.39 is 14.9 Å². The maximum absolute atomic E-state index is 13.3. The van der Waals surface area contributed by atoms with Gasteiger partial charge in [-0.05, 0) is 42.7 Å². The Morgan fingerprint density at radius 1 is 1.04 bits per heavy atom. The Morgan fingerprint density at radius 3 is 2.39 bits per heavy atom. The standard InChI is InChI=1S/C19H20N2O6S/c22-21(23)16-6-8-17(9-7-16)28(24,25)20(15-3-1-2-4-15)12-14-5-10-18-19(11-14)27-13-26-18/h5-11,15H,1-4,12-13H2. The quantitative estimate of drug-likeness (QED) is 0.540. The van der Waals surface area contributed by atoms with Crippen molar-refractivity contribution in [2.75, 3.05) is 6.79 Å². The molecule has 2 aliphatic rings. The Hall–Kier alpha value is -2.65. The van der Waals surface area contributed by atoms with Crippen molar-refractivity contribution in [2.45, 2.75) is 43.2 Å². The molecule has 1 fully saturated rings. The minimum Gasteiger partial charge on any atom is -0.454 e. The van der Waals surface area contributed by atoms with Crippen LogP contribution in [0.1, 0.15) is 31.2 Å². The van der Waals surface area contributed by atoms with Crippen molar-refractivity contribution in [3.8, 4) is 11.5 Å². The zero-order chi connectivity index (χ0) is 19.7. The largest absolute Gasteiger partial charge is 0.454 e. The normalized spacial score (nSPS) is 16.6. The third-order valence-corrected chi connectivity index (χ3v) is 7.07. The Kier molecular flexibility index (Phi) is 4.94. The van der Waals surface area contributed by atoms with Crippen LogP contribution in [0.15, 0.2) is 47.4 Å². The van der Waals surface area contributed by atoms with Crippen molar-refractivity contribution in [2.24, 2.45) is 0 Å². The first-order valence-corrected chi connectivity index (χ1v) is 10.5. The van der Waals surface area contributed by atoms with Gasteiger partial charge in [-0.15, -0.1) is 0 Å². The highest BCUT2D eigenvalue weighted by atomic mass is 32.2. The average molecular weight is 404 g/mol. The van der Waals surface area contributed by atoms with Crippen LogP contribution in [0.2, 0.25) is 0 Å². The van der Waals surface area contributed by atoms with Gasteiger partial charge in [-0.25, -0.2) is 8.42 Å². The molecule has 8 nitrogen and oxygen atoms in total. The van der Waals surface area contributed by atoms with E-state index >= 15 is 0 Å². The number of benzene rings is 2. The van der Waals surface area contributed by atoms with Gasteiger partial charge in [0.25, 0.3) is 5.69 Å². The summed E-state index contributed by atoms with van der Waals surface area (Å²) in [6.45, 7) is 0.368. The maximum Gasteiger partial charge on any atom is 0.269 e. The molecule has 0 aromatic heterocycles. The average Bonchev–Trinajstić information content (AvgIpc) is 3.37. The summed E-state index contributed by atoms with van der Waals surface area (Å²) in [5, 5.41) is 10.9. The van der Waals surface area contributed by atoms with Crippen molar-refractivity contribution in [1.82, 2.24) is 4.31 Å². The molecule has 0 saturated heterocycles. The molecule has 1 aliphatic heterocycles. The lowest BCUT2D eigenvalue weighted by Crippen LogP contribution is -2.38. The van der Waals surface area contributed by atoms with E-state index in [0.29, 0.717) is 11.5 Å². The fourth-order valence-electron chi connectivity index (χ4n) is 3.70. The van der Waals surface area contributed by atoms with E-state index in [1.807, 2.05) is 6.07 Å². The molecule has 0 spiro atoms. The van der Waals surface area contributed by atoms with E-state index in [-0.39, 0.29) is 30.0 Å². The van der Waals surface area contributed by atoms with E-state index in [9.17, 15) is 18.5 Å². The minimum absolute atomic E-state index is 0.0609. The van der Waals surface area contributed by atoms with Crippen LogP contribution in [0, 0.1) is 10.1 Å². The molecule has 2 aromatic rings. The molecule has 0 N–H and O–H groups in total. The Bertz CT molecular complexity index is 984. The van der Waals surface area contributed by atoms with Crippen LogP contribution in [0.3, 0.4) is 0 Å². The highest BCUT2D eigenvalue weighted by Crippen LogP contribution is 2.35. The molecule has 1 saturated carbocycles. The van der Waals surface area contributed by atoms with Crippen molar-refractivity contribution < 1.29 is 22.8 Å². The SMILES string of the molecule is O=[N+]([O-])c1ccc(S(=O)(=O)N(Cc2ccc3c(c2)OCO3)C2CCCC2)cc1. The number of sulfonamides is 1. The van der Waals surface area contributed by atoms with Gasteiger partial charge in [0.15, 0.2) is 11.5 Å². The Labute approximate surface area is 162 Å². The zero-order valence-electron chi connectivity index (χ0n) is 15.1. The lowest BCUT2D eigenvalue weighted by molar-refractivity contribution is -0.384. The third-order valence-electron chi connectivity index (χ3n) is 5.16. The molecule has 0 bridgehead atoms. The molecule has 0 amide bonds. The van der Waals surface area contributed by atoms with E-state index in [2.05, 4.69) is 0 Å². The van der Waals surface area contributed by atoms with Gasteiger partial charge < -0.3 is 9.47 Å². The zero-order valence-corrected chi connectivity index (χ0v) is 15.9. The number of hydrogen-bond acceptors (Lipinski definition) is 6. The highest BCUT2D eigenvalue weighted by Gasteiger charge is 2.34.